The van der Waals surface area contributed by atoms with E-state index in [2.05, 4.69) is 28.1 Å². The summed E-state index contributed by atoms with van der Waals surface area (Å²) in [7, 11) is 0. The first-order chi connectivity index (χ1) is 8.72. The van der Waals surface area contributed by atoms with Gasteiger partial charge in [0.2, 0.25) is 0 Å². The van der Waals surface area contributed by atoms with E-state index in [9.17, 15) is 9.90 Å². The zero-order chi connectivity index (χ0) is 13.0. The molecule has 1 unspecified atom stereocenters. The molecule has 1 atom stereocenters. The molecule has 98 valence electrons. The van der Waals surface area contributed by atoms with Gasteiger partial charge in [-0.2, -0.15) is 0 Å². The van der Waals surface area contributed by atoms with E-state index < -0.39 is 5.97 Å². The second-order valence-corrected chi connectivity index (χ2v) is 5.83. The Labute approximate surface area is 117 Å². The van der Waals surface area contributed by atoms with Gasteiger partial charge in [-0.05, 0) is 36.3 Å². The predicted molar refractivity (Wildman–Crippen MR) is 76.3 cm³/mol. The van der Waals surface area contributed by atoms with Crippen molar-refractivity contribution in [3.63, 3.8) is 0 Å². The van der Waals surface area contributed by atoms with Gasteiger partial charge in [0.05, 0.1) is 5.92 Å². The van der Waals surface area contributed by atoms with Crippen LogP contribution in [0.1, 0.15) is 42.7 Å². The maximum absolute atomic E-state index is 11.5. The van der Waals surface area contributed by atoms with Crippen LogP contribution in [0.15, 0.2) is 24.3 Å². The third kappa shape index (κ3) is 3.14. The standard InChI is InChI=1S/C15H19BrO2/c16-10-9-11-5-7-13(8-6-11)14(15(17)18)12-3-1-2-4-12/h5-8,12,14H,1-4,9-10H2,(H,17,18). The van der Waals surface area contributed by atoms with Gasteiger partial charge in [0, 0.05) is 5.33 Å². The second-order valence-electron chi connectivity index (χ2n) is 5.04. The van der Waals surface area contributed by atoms with Gasteiger partial charge in [0.1, 0.15) is 0 Å². The number of carboxylic acid groups (broad SMARTS) is 1. The van der Waals surface area contributed by atoms with Crippen molar-refractivity contribution >= 4 is 21.9 Å². The molecule has 0 aliphatic heterocycles. The number of halogens is 1. The van der Waals surface area contributed by atoms with Crippen LogP contribution in [0, 0.1) is 5.92 Å². The van der Waals surface area contributed by atoms with E-state index in [1.807, 2.05) is 12.1 Å². The average molecular weight is 311 g/mol. The minimum Gasteiger partial charge on any atom is -0.481 e. The van der Waals surface area contributed by atoms with Gasteiger partial charge in [-0.1, -0.05) is 53.0 Å². The first kappa shape index (κ1) is 13.6. The van der Waals surface area contributed by atoms with Crippen molar-refractivity contribution in [1.82, 2.24) is 0 Å². The lowest BCUT2D eigenvalue weighted by Gasteiger charge is -2.19. The van der Waals surface area contributed by atoms with Crippen LogP contribution in [0.5, 0.6) is 0 Å². The number of benzene rings is 1. The number of carbonyl (C=O) groups is 1. The van der Waals surface area contributed by atoms with E-state index in [4.69, 9.17) is 0 Å². The highest BCUT2D eigenvalue weighted by atomic mass is 79.9. The zero-order valence-electron chi connectivity index (χ0n) is 10.4. The molecule has 0 bridgehead atoms. The molecule has 1 fully saturated rings. The highest BCUT2D eigenvalue weighted by Crippen LogP contribution is 2.37. The number of hydrogen-bond acceptors (Lipinski definition) is 1. The quantitative estimate of drug-likeness (QED) is 0.835. The molecule has 1 aromatic rings. The predicted octanol–water partition coefficient (Wildman–Crippen LogP) is 3.98. The molecular formula is C15H19BrO2. The van der Waals surface area contributed by atoms with E-state index in [-0.39, 0.29) is 5.92 Å². The van der Waals surface area contributed by atoms with E-state index in [0.29, 0.717) is 5.92 Å². The highest BCUT2D eigenvalue weighted by molar-refractivity contribution is 9.09. The fourth-order valence-electron chi connectivity index (χ4n) is 2.91. The topological polar surface area (TPSA) is 37.3 Å². The largest absolute Gasteiger partial charge is 0.481 e. The minimum absolute atomic E-state index is 0.314. The maximum atomic E-state index is 11.5. The van der Waals surface area contributed by atoms with E-state index in [1.165, 1.54) is 18.4 Å². The summed E-state index contributed by atoms with van der Waals surface area (Å²) in [6, 6.07) is 8.10. The number of carboxylic acids is 1. The molecule has 18 heavy (non-hydrogen) atoms. The van der Waals surface area contributed by atoms with E-state index in [0.717, 1.165) is 30.2 Å². The van der Waals surface area contributed by atoms with Gasteiger partial charge in [-0.15, -0.1) is 0 Å². The Bertz CT molecular complexity index is 393. The molecule has 0 saturated heterocycles. The van der Waals surface area contributed by atoms with Crippen LogP contribution in [-0.2, 0) is 11.2 Å². The first-order valence-corrected chi connectivity index (χ1v) is 7.72. The lowest BCUT2D eigenvalue weighted by molar-refractivity contribution is -0.140. The second kappa shape index (κ2) is 6.37. The van der Waals surface area contributed by atoms with Crippen LogP contribution in [0.25, 0.3) is 0 Å². The molecule has 0 amide bonds. The van der Waals surface area contributed by atoms with Gasteiger partial charge < -0.3 is 5.11 Å². The average Bonchev–Trinajstić information content (AvgIpc) is 2.85. The van der Waals surface area contributed by atoms with Crippen LogP contribution in [0.4, 0.5) is 0 Å². The van der Waals surface area contributed by atoms with Crippen molar-refractivity contribution in [3.05, 3.63) is 35.4 Å². The molecule has 1 aliphatic carbocycles. The Morgan fingerprint density at radius 3 is 2.39 bits per heavy atom. The third-order valence-corrected chi connectivity index (χ3v) is 4.26. The smallest absolute Gasteiger partial charge is 0.311 e. The minimum atomic E-state index is -0.671. The van der Waals surface area contributed by atoms with Gasteiger partial charge in [-0.3, -0.25) is 4.79 Å². The number of hydrogen-bond donors (Lipinski definition) is 1. The molecule has 1 saturated carbocycles. The van der Waals surface area contributed by atoms with Gasteiger partial charge in [0.25, 0.3) is 0 Å². The maximum Gasteiger partial charge on any atom is 0.311 e. The fourth-order valence-corrected chi connectivity index (χ4v) is 3.37. The lowest BCUT2D eigenvalue weighted by atomic mass is 9.84. The highest BCUT2D eigenvalue weighted by Gasteiger charge is 2.31. The Morgan fingerprint density at radius 2 is 1.89 bits per heavy atom. The zero-order valence-corrected chi connectivity index (χ0v) is 12.0. The Hall–Kier alpha value is -0.830. The summed E-state index contributed by atoms with van der Waals surface area (Å²) in [6.07, 6.45) is 5.45. The Balaban J connectivity index is 2.17. The van der Waals surface area contributed by atoms with Crippen LogP contribution in [0.3, 0.4) is 0 Å². The summed E-state index contributed by atoms with van der Waals surface area (Å²) in [6.45, 7) is 0. The van der Waals surface area contributed by atoms with Crippen molar-refractivity contribution in [2.75, 3.05) is 5.33 Å². The van der Waals surface area contributed by atoms with Crippen molar-refractivity contribution in [1.29, 1.82) is 0 Å². The molecule has 1 N–H and O–H groups in total. The van der Waals surface area contributed by atoms with Crippen LogP contribution in [-0.4, -0.2) is 16.4 Å². The summed E-state index contributed by atoms with van der Waals surface area (Å²) in [5.41, 5.74) is 2.22. The number of aliphatic carboxylic acids is 1. The third-order valence-electron chi connectivity index (χ3n) is 3.86. The van der Waals surface area contributed by atoms with Crippen LogP contribution >= 0.6 is 15.9 Å². The van der Waals surface area contributed by atoms with Crippen molar-refractivity contribution in [2.24, 2.45) is 5.92 Å². The van der Waals surface area contributed by atoms with Crippen molar-refractivity contribution < 1.29 is 9.90 Å². The molecule has 0 aromatic heterocycles. The molecule has 0 spiro atoms. The van der Waals surface area contributed by atoms with Crippen LogP contribution in [0.2, 0.25) is 0 Å². The monoisotopic (exact) mass is 310 g/mol. The number of alkyl halides is 1. The summed E-state index contributed by atoms with van der Waals surface area (Å²) in [5.74, 6) is -0.662. The molecule has 2 nitrogen and oxygen atoms in total. The van der Waals surface area contributed by atoms with Gasteiger partial charge in [-0.25, -0.2) is 0 Å². The molecule has 1 aliphatic rings. The first-order valence-electron chi connectivity index (χ1n) is 6.60. The SMILES string of the molecule is O=C(O)C(c1ccc(CCBr)cc1)C1CCCC1. The molecule has 0 radical (unpaired) electrons. The van der Waals surface area contributed by atoms with Crippen molar-refractivity contribution in [3.8, 4) is 0 Å². The van der Waals surface area contributed by atoms with Crippen molar-refractivity contribution in [2.45, 2.75) is 38.0 Å². The van der Waals surface area contributed by atoms with E-state index in [1.54, 1.807) is 0 Å². The molecule has 1 aromatic carbocycles. The van der Waals surface area contributed by atoms with E-state index >= 15 is 0 Å². The van der Waals surface area contributed by atoms with Gasteiger partial charge >= 0.3 is 5.97 Å². The fraction of sp³-hybridized carbons (Fsp3) is 0.533. The summed E-state index contributed by atoms with van der Waals surface area (Å²) < 4.78 is 0. The molecule has 3 heteroatoms. The Morgan fingerprint density at radius 1 is 1.28 bits per heavy atom. The molecule has 2 rings (SSSR count). The lowest BCUT2D eigenvalue weighted by Crippen LogP contribution is -2.19. The summed E-state index contributed by atoms with van der Waals surface area (Å²) >= 11 is 3.42. The Kier molecular flexibility index (Phi) is 4.81. The number of aryl methyl sites for hydroxylation is 1. The molecule has 0 heterocycles. The normalized spacial score (nSPS) is 17.8. The molecular weight excluding hydrogens is 292 g/mol. The summed E-state index contributed by atoms with van der Waals surface area (Å²) in [4.78, 5) is 11.5. The van der Waals surface area contributed by atoms with Gasteiger partial charge in [0.15, 0.2) is 0 Å². The number of rotatable bonds is 5. The summed E-state index contributed by atoms with van der Waals surface area (Å²) in [5, 5.41) is 10.4. The van der Waals surface area contributed by atoms with Crippen LogP contribution < -0.4 is 0 Å².